The van der Waals surface area contributed by atoms with Crippen LogP contribution in [0.3, 0.4) is 0 Å². The van der Waals surface area contributed by atoms with E-state index in [-0.39, 0.29) is 12.3 Å². The number of carbonyl (C=O) groups is 2. The topological polar surface area (TPSA) is 78.4 Å². The second-order valence-corrected chi connectivity index (χ2v) is 4.33. The molecule has 2 atom stereocenters. The van der Waals surface area contributed by atoms with E-state index in [4.69, 9.17) is 11.5 Å². The molecule has 0 radical (unpaired) electrons. The summed E-state index contributed by atoms with van der Waals surface area (Å²) in [6.07, 6.45) is 6.52. The van der Waals surface area contributed by atoms with Gasteiger partial charge in [-0.15, -0.1) is 12.3 Å². The van der Waals surface area contributed by atoms with E-state index in [2.05, 4.69) is 16.6 Å². The largest absolute Gasteiger partial charge is 0.480 e. The van der Waals surface area contributed by atoms with E-state index in [1.165, 1.54) is 0 Å². The Balaban J connectivity index is 2.69. The molecule has 0 aromatic rings. The number of amides is 1. The average molecular weight is 238 g/mol. The Hall–Kier alpha value is -1.54. The molecule has 0 saturated carbocycles. The van der Waals surface area contributed by atoms with Crippen molar-refractivity contribution < 1.29 is 14.7 Å². The number of terminal acetylenes is 1. The van der Waals surface area contributed by atoms with Crippen LogP contribution in [0.1, 0.15) is 26.2 Å². The molecular formula is C12H18N2O3. The van der Waals surface area contributed by atoms with Gasteiger partial charge in [-0.3, -0.25) is 4.79 Å². The van der Waals surface area contributed by atoms with Crippen molar-refractivity contribution in [3.8, 4) is 12.3 Å². The third-order valence-electron chi connectivity index (χ3n) is 3.33. The van der Waals surface area contributed by atoms with E-state index in [9.17, 15) is 9.59 Å². The number of aliphatic carboxylic acids is 1. The first-order chi connectivity index (χ1) is 8.05. The molecule has 0 aliphatic carbocycles. The number of hydrogen-bond acceptors (Lipinski definition) is 3. The van der Waals surface area contributed by atoms with Crippen LogP contribution in [0.5, 0.6) is 0 Å². The minimum Gasteiger partial charge on any atom is -0.480 e. The van der Waals surface area contributed by atoms with E-state index < -0.39 is 17.4 Å². The van der Waals surface area contributed by atoms with Crippen LogP contribution in [-0.2, 0) is 9.59 Å². The van der Waals surface area contributed by atoms with Gasteiger partial charge in [0.05, 0.1) is 5.41 Å². The van der Waals surface area contributed by atoms with Crippen LogP contribution in [0.25, 0.3) is 0 Å². The Morgan fingerprint density at radius 1 is 1.65 bits per heavy atom. The maximum Gasteiger partial charge on any atom is 0.327 e. The lowest BCUT2D eigenvalue weighted by Gasteiger charge is -2.26. The summed E-state index contributed by atoms with van der Waals surface area (Å²) in [6.45, 7) is 3.31. The highest BCUT2D eigenvalue weighted by Crippen LogP contribution is 2.29. The predicted octanol–water partition coefficient (Wildman–Crippen LogP) is -0.0312. The van der Waals surface area contributed by atoms with Crippen molar-refractivity contribution in [2.75, 3.05) is 13.1 Å². The number of nitrogens with one attached hydrogen (secondary N) is 2. The Morgan fingerprint density at radius 2 is 2.35 bits per heavy atom. The van der Waals surface area contributed by atoms with Crippen LogP contribution in [0.4, 0.5) is 0 Å². The van der Waals surface area contributed by atoms with Crippen LogP contribution in [-0.4, -0.2) is 36.1 Å². The molecule has 0 bridgehead atoms. The van der Waals surface area contributed by atoms with Gasteiger partial charge in [-0.25, -0.2) is 4.79 Å². The van der Waals surface area contributed by atoms with Crippen molar-refractivity contribution in [2.24, 2.45) is 5.41 Å². The summed E-state index contributed by atoms with van der Waals surface area (Å²) in [7, 11) is 0. The van der Waals surface area contributed by atoms with E-state index in [0.717, 1.165) is 13.0 Å². The molecule has 94 valence electrons. The zero-order valence-corrected chi connectivity index (χ0v) is 9.95. The van der Waals surface area contributed by atoms with Gasteiger partial charge in [0.15, 0.2) is 0 Å². The average Bonchev–Trinajstić information content (AvgIpc) is 2.78. The van der Waals surface area contributed by atoms with Crippen LogP contribution in [0.15, 0.2) is 0 Å². The Kier molecular flexibility index (Phi) is 4.53. The molecule has 1 saturated heterocycles. The van der Waals surface area contributed by atoms with Crippen LogP contribution in [0.2, 0.25) is 0 Å². The highest BCUT2D eigenvalue weighted by atomic mass is 16.4. The molecule has 1 aliphatic rings. The molecule has 1 fully saturated rings. The predicted molar refractivity (Wildman–Crippen MR) is 63.2 cm³/mol. The first-order valence-electron chi connectivity index (χ1n) is 5.73. The molecule has 1 amide bonds. The van der Waals surface area contributed by atoms with Crippen molar-refractivity contribution >= 4 is 11.9 Å². The van der Waals surface area contributed by atoms with Gasteiger partial charge in [0.1, 0.15) is 6.04 Å². The van der Waals surface area contributed by atoms with Gasteiger partial charge in [0.25, 0.3) is 0 Å². The van der Waals surface area contributed by atoms with Crippen molar-refractivity contribution in [1.29, 1.82) is 0 Å². The van der Waals surface area contributed by atoms with Crippen LogP contribution >= 0.6 is 0 Å². The third-order valence-corrected chi connectivity index (χ3v) is 3.33. The first kappa shape index (κ1) is 13.5. The van der Waals surface area contributed by atoms with Crippen molar-refractivity contribution in [2.45, 2.75) is 32.2 Å². The minimum absolute atomic E-state index is 0.00823. The summed E-state index contributed by atoms with van der Waals surface area (Å²) in [5.41, 5.74) is -0.484. The molecule has 0 spiro atoms. The van der Waals surface area contributed by atoms with E-state index in [1.807, 2.05) is 6.92 Å². The lowest BCUT2D eigenvalue weighted by atomic mass is 9.83. The second-order valence-electron chi connectivity index (χ2n) is 4.33. The lowest BCUT2D eigenvalue weighted by molar-refractivity contribution is -0.143. The highest BCUT2D eigenvalue weighted by Gasteiger charge is 2.40. The summed E-state index contributed by atoms with van der Waals surface area (Å²) >= 11 is 0. The van der Waals surface area contributed by atoms with E-state index >= 15 is 0 Å². The van der Waals surface area contributed by atoms with Crippen LogP contribution in [0, 0.1) is 17.8 Å². The highest BCUT2D eigenvalue weighted by molar-refractivity contribution is 5.88. The zero-order valence-electron chi connectivity index (χ0n) is 9.95. The minimum atomic E-state index is -1.09. The second kappa shape index (κ2) is 5.69. The van der Waals surface area contributed by atoms with Crippen LogP contribution < -0.4 is 10.6 Å². The Bertz CT molecular complexity index is 340. The molecule has 3 N–H and O–H groups in total. The Morgan fingerprint density at radius 3 is 2.76 bits per heavy atom. The molecule has 2 unspecified atom stereocenters. The van der Waals surface area contributed by atoms with E-state index in [1.54, 1.807) is 0 Å². The van der Waals surface area contributed by atoms with Gasteiger partial charge in [0.2, 0.25) is 5.91 Å². The number of carboxylic acid groups (broad SMARTS) is 1. The third kappa shape index (κ3) is 2.98. The fourth-order valence-electron chi connectivity index (χ4n) is 2.03. The van der Waals surface area contributed by atoms with Crippen molar-refractivity contribution in [1.82, 2.24) is 10.6 Å². The molecule has 0 aromatic heterocycles. The summed E-state index contributed by atoms with van der Waals surface area (Å²) < 4.78 is 0. The number of carbonyl (C=O) groups excluding carboxylic acids is 1. The molecule has 1 aliphatic heterocycles. The van der Waals surface area contributed by atoms with Gasteiger partial charge in [0, 0.05) is 13.0 Å². The van der Waals surface area contributed by atoms with Gasteiger partial charge < -0.3 is 15.7 Å². The van der Waals surface area contributed by atoms with Gasteiger partial charge in [-0.1, -0.05) is 6.92 Å². The number of hydrogen-bond donors (Lipinski definition) is 3. The molecule has 1 rings (SSSR count). The standard InChI is InChI=1S/C12H18N2O3/c1-3-5-9(10(15)16)14-11(17)12(4-2)6-7-13-8-12/h1,9,13H,4-8H2,2H3,(H,14,17)(H,15,16). The zero-order chi connectivity index (χ0) is 12.9. The maximum atomic E-state index is 12.1. The fraction of sp³-hybridized carbons (Fsp3) is 0.667. The van der Waals surface area contributed by atoms with Gasteiger partial charge in [-0.05, 0) is 19.4 Å². The molecule has 5 heteroatoms. The molecule has 0 aromatic carbocycles. The fourth-order valence-corrected chi connectivity index (χ4v) is 2.03. The summed E-state index contributed by atoms with van der Waals surface area (Å²) in [5.74, 6) is 0.960. The smallest absolute Gasteiger partial charge is 0.327 e. The van der Waals surface area contributed by atoms with Crippen molar-refractivity contribution in [3.63, 3.8) is 0 Å². The van der Waals surface area contributed by atoms with Crippen molar-refractivity contribution in [3.05, 3.63) is 0 Å². The number of carboxylic acids is 1. The maximum absolute atomic E-state index is 12.1. The number of rotatable bonds is 5. The SMILES string of the molecule is C#CCC(NC(=O)C1(CC)CCNC1)C(=O)O. The summed E-state index contributed by atoms with van der Waals surface area (Å²) in [4.78, 5) is 23.0. The summed E-state index contributed by atoms with van der Waals surface area (Å²) in [6, 6.07) is -0.989. The van der Waals surface area contributed by atoms with Gasteiger partial charge in [-0.2, -0.15) is 0 Å². The quantitative estimate of drug-likeness (QED) is 0.588. The first-order valence-corrected chi connectivity index (χ1v) is 5.73. The van der Waals surface area contributed by atoms with E-state index in [0.29, 0.717) is 13.0 Å². The summed E-state index contributed by atoms with van der Waals surface area (Å²) in [5, 5.41) is 14.6. The monoisotopic (exact) mass is 238 g/mol. The molecule has 17 heavy (non-hydrogen) atoms. The molecule has 1 heterocycles. The molecule has 5 nitrogen and oxygen atoms in total. The lowest BCUT2D eigenvalue weighted by Crippen LogP contribution is -2.49. The normalized spacial score (nSPS) is 24.9. The Labute approximate surface area is 101 Å². The molecular weight excluding hydrogens is 220 g/mol. The van der Waals surface area contributed by atoms with Gasteiger partial charge >= 0.3 is 5.97 Å².